The van der Waals surface area contributed by atoms with E-state index in [2.05, 4.69) is 45.7 Å². The number of para-hydroxylation sites is 1. The number of carbonyl (C=O) groups excluding carboxylic acids is 1. The lowest BCUT2D eigenvalue weighted by atomic mass is 9.90. The summed E-state index contributed by atoms with van der Waals surface area (Å²) in [6.45, 7) is 1.82. The molecule has 2 fully saturated rings. The molecule has 23 heavy (non-hydrogen) atoms. The normalized spacial score (nSPS) is 22.8. The van der Waals surface area contributed by atoms with Gasteiger partial charge in [-0.15, -0.1) is 11.8 Å². The number of nitrogens with one attached hydrogen (secondary N) is 2. The van der Waals surface area contributed by atoms with E-state index in [0.29, 0.717) is 11.8 Å². The maximum Gasteiger partial charge on any atom is 0.240 e. The van der Waals surface area contributed by atoms with Crippen LogP contribution in [-0.4, -0.2) is 46.6 Å². The second-order valence-electron chi connectivity index (χ2n) is 6.60. The largest absolute Gasteiger partial charge is 0.361 e. The van der Waals surface area contributed by atoms with Crippen molar-refractivity contribution >= 4 is 28.6 Å². The first kappa shape index (κ1) is 15.1. The highest BCUT2D eigenvalue weighted by Gasteiger charge is 2.30. The number of thioether (sulfide) groups is 1. The topological polar surface area (TPSA) is 48.1 Å². The van der Waals surface area contributed by atoms with Crippen molar-refractivity contribution < 1.29 is 4.79 Å². The molecule has 1 amide bonds. The van der Waals surface area contributed by atoms with Gasteiger partial charge in [0.1, 0.15) is 0 Å². The number of piperidine rings is 1. The van der Waals surface area contributed by atoms with Crippen molar-refractivity contribution in [1.82, 2.24) is 15.2 Å². The molecule has 122 valence electrons. The Hall–Kier alpha value is -1.46. The molecule has 3 heterocycles. The van der Waals surface area contributed by atoms with Crippen LogP contribution in [0.2, 0.25) is 0 Å². The molecular formula is C18H23N3OS. The number of likely N-dealkylation sites (tertiary alicyclic amines) is 1. The first-order valence-corrected chi connectivity index (χ1v) is 9.61. The van der Waals surface area contributed by atoms with Gasteiger partial charge >= 0.3 is 0 Å². The van der Waals surface area contributed by atoms with E-state index < -0.39 is 0 Å². The third kappa shape index (κ3) is 3.12. The molecule has 2 aromatic rings. The van der Waals surface area contributed by atoms with E-state index >= 15 is 0 Å². The fourth-order valence-electron chi connectivity index (χ4n) is 3.74. The molecule has 0 saturated carbocycles. The van der Waals surface area contributed by atoms with Crippen LogP contribution in [0.1, 0.15) is 18.4 Å². The Kier molecular flexibility index (Phi) is 4.31. The SMILES string of the molecule is O=C(C1CSCN1)N1CCC(Cc2c[nH]c3ccccc23)CC1. The van der Waals surface area contributed by atoms with Crippen LogP contribution in [0.5, 0.6) is 0 Å². The fourth-order valence-corrected chi connectivity index (χ4v) is 4.68. The summed E-state index contributed by atoms with van der Waals surface area (Å²) in [5, 5.41) is 4.63. The van der Waals surface area contributed by atoms with Crippen LogP contribution in [0, 0.1) is 5.92 Å². The van der Waals surface area contributed by atoms with Crippen LogP contribution in [-0.2, 0) is 11.2 Å². The van der Waals surface area contributed by atoms with E-state index in [1.54, 1.807) is 0 Å². The van der Waals surface area contributed by atoms with Gasteiger partial charge in [-0.2, -0.15) is 0 Å². The van der Waals surface area contributed by atoms with Crippen molar-refractivity contribution in [2.75, 3.05) is 24.7 Å². The van der Waals surface area contributed by atoms with E-state index in [1.807, 2.05) is 11.8 Å². The number of hydrogen-bond donors (Lipinski definition) is 2. The molecule has 0 aliphatic carbocycles. The highest BCUT2D eigenvalue weighted by atomic mass is 32.2. The lowest BCUT2D eigenvalue weighted by molar-refractivity contribution is -0.134. The molecule has 1 atom stereocenters. The smallest absolute Gasteiger partial charge is 0.240 e. The van der Waals surface area contributed by atoms with Crippen molar-refractivity contribution in [3.05, 3.63) is 36.0 Å². The predicted octanol–water partition coefficient (Wildman–Crippen LogP) is 2.61. The lowest BCUT2D eigenvalue weighted by Crippen LogP contribution is -2.48. The maximum atomic E-state index is 12.4. The molecule has 0 bridgehead atoms. The van der Waals surface area contributed by atoms with E-state index in [0.717, 1.165) is 44.0 Å². The van der Waals surface area contributed by atoms with E-state index in [-0.39, 0.29) is 6.04 Å². The van der Waals surface area contributed by atoms with Crippen molar-refractivity contribution in [2.24, 2.45) is 5.92 Å². The average molecular weight is 329 g/mol. The Morgan fingerprint density at radius 1 is 1.26 bits per heavy atom. The van der Waals surface area contributed by atoms with E-state index in [4.69, 9.17) is 0 Å². The summed E-state index contributed by atoms with van der Waals surface area (Å²) in [7, 11) is 0. The number of H-pyrrole nitrogens is 1. The zero-order valence-electron chi connectivity index (χ0n) is 13.3. The Balaban J connectivity index is 1.35. The molecule has 2 aliphatic rings. The number of fused-ring (bicyclic) bond motifs is 1. The summed E-state index contributed by atoms with van der Waals surface area (Å²) in [5.74, 6) is 2.83. The molecular weight excluding hydrogens is 306 g/mol. The molecule has 1 aromatic heterocycles. The highest BCUT2D eigenvalue weighted by molar-refractivity contribution is 7.99. The summed E-state index contributed by atoms with van der Waals surface area (Å²) < 4.78 is 0. The van der Waals surface area contributed by atoms with Crippen molar-refractivity contribution in [1.29, 1.82) is 0 Å². The number of benzene rings is 1. The number of aromatic amines is 1. The zero-order valence-corrected chi connectivity index (χ0v) is 14.1. The van der Waals surface area contributed by atoms with Crippen molar-refractivity contribution in [3.63, 3.8) is 0 Å². The third-order valence-corrected chi connectivity index (χ3v) is 6.06. The van der Waals surface area contributed by atoms with E-state index in [1.165, 1.54) is 16.5 Å². The molecule has 5 heteroatoms. The van der Waals surface area contributed by atoms with Gasteiger partial charge in [0.2, 0.25) is 5.91 Å². The number of rotatable bonds is 3. The molecule has 4 nitrogen and oxygen atoms in total. The van der Waals surface area contributed by atoms with Gasteiger partial charge in [-0.05, 0) is 36.8 Å². The van der Waals surface area contributed by atoms with Gasteiger partial charge in [0.05, 0.1) is 6.04 Å². The van der Waals surface area contributed by atoms with Crippen LogP contribution in [0.4, 0.5) is 0 Å². The summed E-state index contributed by atoms with van der Waals surface area (Å²) in [6.07, 6.45) is 5.50. The maximum absolute atomic E-state index is 12.4. The highest BCUT2D eigenvalue weighted by Crippen LogP contribution is 2.26. The van der Waals surface area contributed by atoms with Crippen LogP contribution in [0.15, 0.2) is 30.5 Å². The molecule has 2 N–H and O–H groups in total. The second kappa shape index (κ2) is 6.57. The first-order chi connectivity index (χ1) is 11.3. The van der Waals surface area contributed by atoms with Crippen LogP contribution in [0.25, 0.3) is 10.9 Å². The second-order valence-corrected chi connectivity index (χ2v) is 7.63. The Morgan fingerprint density at radius 2 is 2.09 bits per heavy atom. The Morgan fingerprint density at radius 3 is 2.87 bits per heavy atom. The van der Waals surface area contributed by atoms with Gasteiger partial charge in [0.25, 0.3) is 0 Å². The summed E-state index contributed by atoms with van der Waals surface area (Å²) in [6, 6.07) is 8.55. The standard InChI is InChI=1S/C18H23N3OS/c22-18(17-11-23-12-20-17)21-7-5-13(6-8-21)9-14-10-19-16-4-2-1-3-15(14)16/h1-4,10,13,17,19-20H,5-9,11-12H2. The quantitative estimate of drug-likeness (QED) is 0.910. The third-order valence-electron chi connectivity index (χ3n) is 5.12. The minimum absolute atomic E-state index is 0.0465. The molecule has 2 saturated heterocycles. The summed E-state index contributed by atoms with van der Waals surface area (Å²) in [4.78, 5) is 17.9. The number of aromatic nitrogens is 1. The Labute approximate surface area is 141 Å². The number of hydrogen-bond acceptors (Lipinski definition) is 3. The molecule has 2 aliphatic heterocycles. The van der Waals surface area contributed by atoms with Crippen molar-refractivity contribution in [3.8, 4) is 0 Å². The monoisotopic (exact) mass is 329 g/mol. The predicted molar refractivity (Wildman–Crippen MR) is 95.6 cm³/mol. The minimum Gasteiger partial charge on any atom is -0.361 e. The molecule has 1 aromatic carbocycles. The van der Waals surface area contributed by atoms with Crippen LogP contribution in [0.3, 0.4) is 0 Å². The van der Waals surface area contributed by atoms with E-state index in [9.17, 15) is 4.79 Å². The number of carbonyl (C=O) groups is 1. The molecule has 4 rings (SSSR count). The first-order valence-electron chi connectivity index (χ1n) is 8.46. The lowest BCUT2D eigenvalue weighted by Gasteiger charge is -2.33. The number of nitrogens with zero attached hydrogens (tertiary/aromatic N) is 1. The molecule has 0 radical (unpaired) electrons. The van der Waals surface area contributed by atoms with Gasteiger partial charge < -0.3 is 9.88 Å². The van der Waals surface area contributed by atoms with Gasteiger partial charge in [0.15, 0.2) is 0 Å². The number of amides is 1. The van der Waals surface area contributed by atoms with Gasteiger partial charge in [0, 0.05) is 41.8 Å². The van der Waals surface area contributed by atoms with Gasteiger partial charge in [-0.25, -0.2) is 0 Å². The zero-order chi connectivity index (χ0) is 15.6. The fraction of sp³-hybridized carbons (Fsp3) is 0.500. The van der Waals surface area contributed by atoms with Gasteiger partial charge in [-0.1, -0.05) is 18.2 Å². The van der Waals surface area contributed by atoms with Gasteiger partial charge in [-0.3, -0.25) is 10.1 Å². The van der Waals surface area contributed by atoms with Crippen LogP contribution >= 0.6 is 11.8 Å². The molecule has 1 unspecified atom stereocenters. The van der Waals surface area contributed by atoms with Crippen molar-refractivity contribution in [2.45, 2.75) is 25.3 Å². The molecule has 0 spiro atoms. The van der Waals surface area contributed by atoms with Crippen LogP contribution < -0.4 is 5.32 Å². The summed E-state index contributed by atoms with van der Waals surface area (Å²) in [5.41, 5.74) is 2.64. The minimum atomic E-state index is 0.0465. The summed E-state index contributed by atoms with van der Waals surface area (Å²) >= 11 is 1.82. The Bertz CT molecular complexity index is 684. The average Bonchev–Trinajstić information content (AvgIpc) is 3.25.